The molecule has 0 spiro atoms. The first-order chi connectivity index (χ1) is 7.81. The number of ether oxygens (including phenoxy) is 2. The first-order valence-electron chi connectivity index (χ1n) is 5.03. The van der Waals surface area contributed by atoms with Crippen molar-refractivity contribution in [2.24, 2.45) is 0 Å². The largest absolute Gasteiger partial charge is 0.454 e. The van der Waals surface area contributed by atoms with Crippen LogP contribution >= 0.6 is 15.9 Å². The number of rotatable bonds is 4. The summed E-state index contributed by atoms with van der Waals surface area (Å²) in [5, 5.41) is 3.26. The van der Waals surface area contributed by atoms with Crippen molar-refractivity contribution in [3.63, 3.8) is 0 Å². The average molecular weight is 282 g/mol. The number of nitrogens with one attached hydrogen (secondary N) is 1. The molecule has 1 N–H and O–H groups in total. The van der Waals surface area contributed by atoms with Gasteiger partial charge in [0.1, 0.15) is 0 Å². The number of benzene rings is 1. The molecule has 0 bridgehead atoms. The Bertz CT molecular complexity index is 426. The zero-order valence-electron chi connectivity index (χ0n) is 8.75. The Labute approximate surface area is 103 Å². The van der Waals surface area contributed by atoms with E-state index in [1.807, 2.05) is 12.1 Å². The van der Waals surface area contributed by atoms with Gasteiger partial charge in [-0.25, -0.2) is 0 Å². The second-order valence-corrected chi connectivity index (χ2v) is 4.30. The molecule has 1 aliphatic heterocycles. The van der Waals surface area contributed by atoms with E-state index in [4.69, 9.17) is 15.9 Å². The molecule has 4 heteroatoms. The van der Waals surface area contributed by atoms with Gasteiger partial charge < -0.3 is 14.8 Å². The molecule has 3 nitrogen and oxygen atoms in total. The molecule has 2 rings (SSSR count). The summed E-state index contributed by atoms with van der Waals surface area (Å²) >= 11 is 3.46. The minimum absolute atomic E-state index is 0.294. The van der Waals surface area contributed by atoms with Crippen LogP contribution in [0.4, 0.5) is 0 Å². The van der Waals surface area contributed by atoms with Crippen molar-refractivity contribution in [3.8, 4) is 23.8 Å². The van der Waals surface area contributed by atoms with E-state index in [1.54, 1.807) is 0 Å². The van der Waals surface area contributed by atoms with Crippen LogP contribution in [-0.2, 0) is 6.54 Å². The fourth-order valence-corrected chi connectivity index (χ4v) is 2.12. The predicted octanol–water partition coefficient (Wildman–Crippen LogP) is 2.29. The first kappa shape index (κ1) is 11.3. The zero-order chi connectivity index (χ0) is 11.4. The molecule has 0 unspecified atom stereocenters. The molecule has 1 aromatic rings. The van der Waals surface area contributed by atoms with Crippen molar-refractivity contribution in [3.05, 3.63) is 22.2 Å². The van der Waals surface area contributed by atoms with Crippen LogP contribution in [0.5, 0.6) is 11.5 Å². The lowest BCUT2D eigenvalue weighted by Crippen LogP contribution is -2.14. The van der Waals surface area contributed by atoms with Crippen LogP contribution in [0.3, 0.4) is 0 Å². The number of terminal acetylenes is 1. The first-order valence-corrected chi connectivity index (χ1v) is 5.83. The number of fused-ring (bicyclic) bond motifs is 1. The maximum atomic E-state index is 5.34. The van der Waals surface area contributed by atoms with Crippen LogP contribution in [0.15, 0.2) is 16.6 Å². The van der Waals surface area contributed by atoms with Crippen LogP contribution < -0.4 is 14.8 Å². The van der Waals surface area contributed by atoms with E-state index in [1.165, 1.54) is 0 Å². The maximum absolute atomic E-state index is 5.34. The van der Waals surface area contributed by atoms with Gasteiger partial charge in [-0.3, -0.25) is 0 Å². The van der Waals surface area contributed by atoms with Crippen LogP contribution in [0.2, 0.25) is 0 Å². The highest BCUT2D eigenvalue weighted by atomic mass is 79.9. The Balaban J connectivity index is 2.01. The molecule has 0 aliphatic carbocycles. The molecule has 0 aromatic heterocycles. The molecule has 0 saturated carbocycles. The van der Waals surface area contributed by atoms with Crippen molar-refractivity contribution in [1.29, 1.82) is 0 Å². The molecule has 0 fully saturated rings. The minimum Gasteiger partial charge on any atom is -0.454 e. The predicted molar refractivity (Wildman–Crippen MR) is 65.4 cm³/mol. The quantitative estimate of drug-likeness (QED) is 0.679. The zero-order valence-corrected chi connectivity index (χ0v) is 10.3. The lowest BCUT2D eigenvalue weighted by Gasteiger charge is -2.06. The molecule has 1 heterocycles. The summed E-state index contributed by atoms with van der Waals surface area (Å²) in [7, 11) is 0. The molecule has 1 aliphatic rings. The Morgan fingerprint density at radius 1 is 1.44 bits per heavy atom. The maximum Gasteiger partial charge on any atom is 0.231 e. The number of hydrogen-bond acceptors (Lipinski definition) is 3. The second-order valence-electron chi connectivity index (χ2n) is 3.44. The summed E-state index contributed by atoms with van der Waals surface area (Å²) in [5.74, 6) is 4.17. The molecule has 84 valence electrons. The standard InChI is InChI=1S/C12H12BrNO2/c1-2-3-4-14-7-9-5-10(13)12-11(6-9)15-8-16-12/h1,5-6,14H,3-4,7-8H2. The molecule has 1 aromatic carbocycles. The van der Waals surface area contributed by atoms with E-state index in [0.29, 0.717) is 6.79 Å². The normalized spacial score (nSPS) is 12.5. The summed E-state index contributed by atoms with van der Waals surface area (Å²) in [4.78, 5) is 0. The minimum atomic E-state index is 0.294. The van der Waals surface area contributed by atoms with Gasteiger partial charge in [-0.15, -0.1) is 12.3 Å². The smallest absolute Gasteiger partial charge is 0.231 e. The summed E-state index contributed by atoms with van der Waals surface area (Å²) < 4.78 is 11.6. The van der Waals surface area contributed by atoms with Gasteiger partial charge in [-0.2, -0.15) is 0 Å². The Morgan fingerprint density at radius 3 is 3.12 bits per heavy atom. The fraction of sp³-hybridized carbons (Fsp3) is 0.333. The van der Waals surface area contributed by atoms with Gasteiger partial charge in [0.2, 0.25) is 6.79 Å². The van der Waals surface area contributed by atoms with Gasteiger partial charge in [-0.05, 0) is 33.6 Å². The number of halogens is 1. The van der Waals surface area contributed by atoms with Gasteiger partial charge in [0.05, 0.1) is 4.47 Å². The summed E-state index contributed by atoms with van der Waals surface area (Å²) in [6, 6.07) is 4.01. The van der Waals surface area contributed by atoms with E-state index >= 15 is 0 Å². The van der Waals surface area contributed by atoms with Crippen molar-refractivity contribution in [1.82, 2.24) is 5.32 Å². The van der Waals surface area contributed by atoms with Crippen molar-refractivity contribution < 1.29 is 9.47 Å². The highest BCUT2D eigenvalue weighted by Crippen LogP contribution is 2.39. The summed E-state index contributed by atoms with van der Waals surface area (Å²) in [6.07, 6.45) is 5.91. The third-order valence-corrected chi connectivity index (χ3v) is 2.85. The van der Waals surface area contributed by atoms with E-state index in [2.05, 4.69) is 27.2 Å². The third-order valence-electron chi connectivity index (χ3n) is 2.26. The van der Waals surface area contributed by atoms with Crippen molar-refractivity contribution in [2.45, 2.75) is 13.0 Å². The van der Waals surface area contributed by atoms with E-state index < -0.39 is 0 Å². The summed E-state index contributed by atoms with van der Waals surface area (Å²) in [6.45, 7) is 1.89. The Hall–Kier alpha value is -1.18. The Kier molecular flexibility index (Phi) is 3.70. The fourth-order valence-electron chi connectivity index (χ4n) is 1.52. The van der Waals surface area contributed by atoms with E-state index in [9.17, 15) is 0 Å². The Morgan fingerprint density at radius 2 is 2.31 bits per heavy atom. The molecule has 0 atom stereocenters. The summed E-state index contributed by atoms with van der Waals surface area (Å²) in [5.41, 5.74) is 1.15. The molecule has 16 heavy (non-hydrogen) atoms. The van der Waals surface area contributed by atoms with Crippen molar-refractivity contribution >= 4 is 15.9 Å². The average Bonchev–Trinajstić information content (AvgIpc) is 2.73. The molecular formula is C12H12BrNO2. The van der Waals surface area contributed by atoms with Gasteiger partial charge in [0.15, 0.2) is 11.5 Å². The van der Waals surface area contributed by atoms with Gasteiger partial charge >= 0.3 is 0 Å². The van der Waals surface area contributed by atoms with Crippen LogP contribution in [0, 0.1) is 12.3 Å². The highest BCUT2D eigenvalue weighted by molar-refractivity contribution is 9.10. The monoisotopic (exact) mass is 281 g/mol. The van der Waals surface area contributed by atoms with Crippen molar-refractivity contribution in [2.75, 3.05) is 13.3 Å². The topological polar surface area (TPSA) is 30.5 Å². The number of hydrogen-bond donors (Lipinski definition) is 1. The molecular weight excluding hydrogens is 270 g/mol. The third kappa shape index (κ3) is 2.49. The lowest BCUT2D eigenvalue weighted by atomic mass is 10.2. The lowest BCUT2D eigenvalue weighted by molar-refractivity contribution is 0.173. The van der Waals surface area contributed by atoms with E-state index in [0.717, 1.165) is 41.0 Å². The molecule has 0 amide bonds. The van der Waals surface area contributed by atoms with Crippen LogP contribution in [0.25, 0.3) is 0 Å². The molecule has 0 saturated heterocycles. The SMILES string of the molecule is C#CCCNCc1cc(Br)c2c(c1)OCO2. The second kappa shape index (κ2) is 5.24. The van der Waals surface area contributed by atoms with Gasteiger partial charge in [-0.1, -0.05) is 0 Å². The van der Waals surface area contributed by atoms with Crippen LogP contribution in [0.1, 0.15) is 12.0 Å². The van der Waals surface area contributed by atoms with Gasteiger partial charge in [0.25, 0.3) is 0 Å². The van der Waals surface area contributed by atoms with Gasteiger partial charge in [0, 0.05) is 19.5 Å². The molecule has 0 radical (unpaired) electrons. The van der Waals surface area contributed by atoms with Crippen LogP contribution in [-0.4, -0.2) is 13.3 Å². The highest BCUT2D eigenvalue weighted by Gasteiger charge is 2.17. The van der Waals surface area contributed by atoms with E-state index in [-0.39, 0.29) is 0 Å².